The van der Waals surface area contributed by atoms with Crippen molar-refractivity contribution in [3.63, 3.8) is 0 Å². The number of rotatable bonds is 2. The minimum absolute atomic E-state index is 0.0402. The average Bonchev–Trinajstić information content (AvgIpc) is 2.48. The second-order valence-corrected chi connectivity index (χ2v) is 6.89. The van der Waals surface area contributed by atoms with E-state index in [9.17, 15) is 4.79 Å². The van der Waals surface area contributed by atoms with Crippen LogP contribution in [0.15, 0.2) is 35.4 Å². The van der Waals surface area contributed by atoms with Crippen LogP contribution in [0.3, 0.4) is 0 Å². The van der Waals surface area contributed by atoms with Gasteiger partial charge < -0.3 is 9.30 Å². The molecule has 116 valence electrons. The predicted molar refractivity (Wildman–Crippen MR) is 86.1 cm³/mol. The first kappa shape index (κ1) is 15.0. The zero-order chi connectivity index (χ0) is 15.7. The summed E-state index contributed by atoms with van der Waals surface area (Å²) in [5, 5.41) is 0. The van der Waals surface area contributed by atoms with Crippen molar-refractivity contribution in [2.24, 2.45) is 0 Å². The minimum atomic E-state index is 0.0402. The molecule has 22 heavy (non-hydrogen) atoms. The summed E-state index contributed by atoms with van der Waals surface area (Å²) in [6.07, 6.45) is 4.62. The Morgan fingerprint density at radius 2 is 2.09 bits per heavy atom. The first-order chi connectivity index (χ1) is 10.4. The molecule has 4 nitrogen and oxygen atoms in total. The van der Waals surface area contributed by atoms with Crippen molar-refractivity contribution in [3.05, 3.63) is 63.3 Å². The fourth-order valence-electron chi connectivity index (χ4n) is 2.67. The zero-order valence-electron chi connectivity index (χ0n) is 13.4. The lowest BCUT2D eigenvalue weighted by molar-refractivity contribution is 0.110. The fourth-order valence-corrected chi connectivity index (χ4v) is 2.67. The largest absolute Gasteiger partial charge is 0.376 e. The smallest absolute Gasteiger partial charge is 0.251 e. The molecule has 0 saturated heterocycles. The number of fused-ring (bicyclic) bond motifs is 1. The maximum atomic E-state index is 12.2. The molecule has 0 atom stereocenters. The maximum Gasteiger partial charge on any atom is 0.251 e. The molecule has 0 fully saturated rings. The quantitative estimate of drug-likeness (QED) is 0.856. The lowest BCUT2D eigenvalue weighted by Gasteiger charge is -2.19. The van der Waals surface area contributed by atoms with Gasteiger partial charge in [-0.2, -0.15) is 0 Å². The monoisotopic (exact) mass is 298 g/mol. The van der Waals surface area contributed by atoms with Gasteiger partial charge in [0.25, 0.3) is 5.56 Å². The van der Waals surface area contributed by atoms with Crippen LogP contribution in [0.5, 0.6) is 0 Å². The lowest BCUT2D eigenvalue weighted by Crippen LogP contribution is -2.24. The van der Waals surface area contributed by atoms with Gasteiger partial charge in [0, 0.05) is 29.6 Å². The Bertz CT molecular complexity index is 724. The number of hydrogen-bond donors (Lipinski definition) is 0. The molecular formula is C18H22N2O2. The first-order valence-electron chi connectivity index (χ1n) is 7.69. The van der Waals surface area contributed by atoms with Gasteiger partial charge in [-0.15, -0.1) is 0 Å². The van der Waals surface area contributed by atoms with Gasteiger partial charge >= 0.3 is 0 Å². The van der Waals surface area contributed by atoms with E-state index in [0.29, 0.717) is 19.8 Å². The zero-order valence-corrected chi connectivity index (χ0v) is 13.4. The summed E-state index contributed by atoms with van der Waals surface area (Å²) >= 11 is 0. The predicted octanol–water partition coefficient (Wildman–Crippen LogP) is 2.66. The second kappa shape index (κ2) is 5.69. The lowest BCUT2D eigenvalue weighted by atomic mass is 9.91. The molecule has 3 heterocycles. The Balaban J connectivity index is 1.85. The highest BCUT2D eigenvalue weighted by Gasteiger charge is 2.15. The van der Waals surface area contributed by atoms with Crippen molar-refractivity contribution in [2.75, 3.05) is 6.61 Å². The number of ether oxygens (including phenoxy) is 1. The third-order valence-corrected chi connectivity index (χ3v) is 4.02. The summed E-state index contributed by atoms with van der Waals surface area (Å²) in [4.78, 5) is 16.7. The topological polar surface area (TPSA) is 44.1 Å². The molecular weight excluding hydrogens is 276 g/mol. The Hall–Kier alpha value is -1.94. The fraction of sp³-hybridized carbons (Fsp3) is 0.444. The van der Waals surface area contributed by atoms with Gasteiger partial charge in [-0.25, -0.2) is 0 Å². The van der Waals surface area contributed by atoms with Gasteiger partial charge in [0.1, 0.15) is 0 Å². The molecule has 0 saturated carbocycles. The molecule has 1 aliphatic heterocycles. The van der Waals surface area contributed by atoms with Crippen LogP contribution in [0, 0.1) is 0 Å². The SMILES string of the molecule is CC(C)(C)c1ccc(Cn2cc3c(cc2=O)CCOC3)cn1. The Kier molecular flexibility index (Phi) is 3.87. The molecule has 0 bridgehead atoms. The summed E-state index contributed by atoms with van der Waals surface area (Å²) in [6.45, 7) is 8.27. The standard InChI is InChI=1S/C18H22N2O2/c1-18(2,3)16-5-4-13(9-19-16)10-20-11-15-12-22-7-6-14(15)8-17(20)21/h4-5,8-9,11H,6-7,10,12H2,1-3H3. The van der Waals surface area contributed by atoms with E-state index in [1.807, 2.05) is 18.5 Å². The van der Waals surface area contributed by atoms with Gasteiger partial charge in [-0.1, -0.05) is 26.8 Å². The summed E-state index contributed by atoms with van der Waals surface area (Å²) in [5.41, 5.74) is 4.41. The van der Waals surface area contributed by atoms with Crippen LogP contribution in [0.4, 0.5) is 0 Å². The molecule has 0 spiro atoms. The molecule has 2 aromatic heterocycles. The highest BCUT2D eigenvalue weighted by molar-refractivity contribution is 5.26. The highest BCUT2D eigenvalue weighted by atomic mass is 16.5. The molecule has 3 rings (SSSR count). The number of hydrogen-bond acceptors (Lipinski definition) is 3. The van der Waals surface area contributed by atoms with E-state index in [1.165, 1.54) is 0 Å². The van der Waals surface area contributed by atoms with Crippen molar-refractivity contribution in [1.29, 1.82) is 0 Å². The van der Waals surface area contributed by atoms with Crippen LogP contribution in [0.2, 0.25) is 0 Å². The number of pyridine rings is 2. The van der Waals surface area contributed by atoms with Gasteiger partial charge in [-0.3, -0.25) is 9.78 Å². The normalized spacial score (nSPS) is 14.7. The first-order valence-corrected chi connectivity index (χ1v) is 7.69. The average molecular weight is 298 g/mol. The Labute approximate surface area is 130 Å². The van der Waals surface area contributed by atoms with Crippen LogP contribution in [0.1, 0.15) is 43.2 Å². The molecule has 2 aromatic rings. The molecule has 0 N–H and O–H groups in total. The van der Waals surface area contributed by atoms with Crippen LogP contribution in [-0.2, 0) is 29.7 Å². The molecule has 0 aliphatic carbocycles. The van der Waals surface area contributed by atoms with Gasteiger partial charge in [0.05, 0.1) is 19.8 Å². The van der Waals surface area contributed by atoms with Crippen LogP contribution >= 0.6 is 0 Å². The summed E-state index contributed by atoms with van der Waals surface area (Å²) in [5.74, 6) is 0. The van der Waals surface area contributed by atoms with E-state index >= 15 is 0 Å². The van der Waals surface area contributed by atoms with E-state index in [-0.39, 0.29) is 11.0 Å². The van der Waals surface area contributed by atoms with Crippen molar-refractivity contribution in [2.45, 2.75) is 45.8 Å². The van der Waals surface area contributed by atoms with Gasteiger partial charge in [0.15, 0.2) is 0 Å². The van der Waals surface area contributed by atoms with Crippen molar-refractivity contribution in [3.8, 4) is 0 Å². The van der Waals surface area contributed by atoms with E-state index in [0.717, 1.165) is 28.8 Å². The third kappa shape index (κ3) is 3.12. The summed E-state index contributed by atoms with van der Waals surface area (Å²) < 4.78 is 7.20. The molecule has 4 heteroatoms. The maximum absolute atomic E-state index is 12.2. The van der Waals surface area contributed by atoms with Crippen LogP contribution in [-0.4, -0.2) is 16.2 Å². The molecule has 0 radical (unpaired) electrons. The van der Waals surface area contributed by atoms with E-state index < -0.39 is 0 Å². The van der Waals surface area contributed by atoms with Crippen molar-refractivity contribution >= 4 is 0 Å². The summed E-state index contributed by atoms with van der Waals surface area (Å²) in [7, 11) is 0. The highest BCUT2D eigenvalue weighted by Crippen LogP contribution is 2.20. The molecule has 1 aliphatic rings. The van der Waals surface area contributed by atoms with E-state index in [2.05, 4.69) is 31.8 Å². The number of aromatic nitrogens is 2. The van der Waals surface area contributed by atoms with Crippen molar-refractivity contribution in [1.82, 2.24) is 9.55 Å². The van der Waals surface area contributed by atoms with Gasteiger partial charge in [0.2, 0.25) is 0 Å². The van der Waals surface area contributed by atoms with Crippen LogP contribution < -0.4 is 5.56 Å². The Morgan fingerprint density at radius 3 is 2.77 bits per heavy atom. The summed E-state index contributed by atoms with van der Waals surface area (Å²) in [6, 6.07) is 5.84. The molecule has 0 amide bonds. The molecule has 0 unspecified atom stereocenters. The second-order valence-electron chi connectivity index (χ2n) is 6.89. The molecule has 0 aromatic carbocycles. The Morgan fingerprint density at radius 1 is 1.27 bits per heavy atom. The van der Waals surface area contributed by atoms with Crippen LogP contribution in [0.25, 0.3) is 0 Å². The van der Waals surface area contributed by atoms with Gasteiger partial charge in [-0.05, 0) is 29.2 Å². The van der Waals surface area contributed by atoms with E-state index in [4.69, 9.17) is 4.74 Å². The van der Waals surface area contributed by atoms with E-state index in [1.54, 1.807) is 10.6 Å². The minimum Gasteiger partial charge on any atom is -0.376 e. The van der Waals surface area contributed by atoms with Crippen molar-refractivity contribution < 1.29 is 4.74 Å². The number of nitrogens with zero attached hydrogens (tertiary/aromatic N) is 2. The third-order valence-electron chi connectivity index (χ3n) is 4.02.